The van der Waals surface area contributed by atoms with Crippen LogP contribution in [0, 0.1) is 69.8 Å². The van der Waals surface area contributed by atoms with Crippen LogP contribution in [0.2, 0.25) is 0 Å². The third kappa shape index (κ3) is 22.1. The molecule has 0 fully saturated rings. The Morgan fingerprint density at radius 2 is 0.769 bits per heavy atom. The van der Waals surface area contributed by atoms with Crippen LogP contribution in [-0.4, -0.2) is 92.9 Å². The van der Waals surface area contributed by atoms with E-state index in [9.17, 15) is 123 Å². The lowest BCUT2D eigenvalue weighted by Crippen LogP contribution is -2.19. The Bertz CT molecular complexity index is 3680. The summed E-state index contributed by atoms with van der Waals surface area (Å²) in [6, 6.07) is 8.84. The molecule has 0 aliphatic heterocycles. The quantitative estimate of drug-likeness (QED) is 0.0315. The predicted octanol–water partition coefficient (Wildman–Crippen LogP) is 13.9. The molecule has 0 radical (unpaired) electrons. The number of alkyl halides is 10. The number of nitrogens with two attached hydrogens (primary N) is 1. The SMILES string of the molecule is C.CCOc1c(F)cc(F)c(OC)c1F.COc1c(F)cc(F)c(OC(F)F)c1F.Nc1c(F)c(OC(F)F)c(F)c(OC(F)F)c1F.O=C(O)c1cccc(S(=O)(=O)Cl)c1.O=C(O)c1cccc(S(=O)(=O)Nc2c(F)c(OC(F)F)c(F)c(OC(F)F)c2F)c1. The molecule has 0 saturated carbocycles. The standard InChI is InChI=1S/C15H8F7NO6S.C9H9F3O2.C8H4F7NO2.C8H5F5O2.C7H5ClO4S.CH4/c16-7-10(23-30(26,27)6-3-1-2-5(4-6)13(24)25)8(17)12(29-15(21)22)9(18)11(7)28-14(19)20;1-3-14-9-6(11)4-5(10)8(13-2)7(9)12;9-1-4(16)2(10)6(18-8(14)15)3(11)5(1)17-7(12)13;1-14-6-3(9)2-4(10)7(5(6)11)15-8(12)13;8-13(11,12)6-3-1-2-5(4-6)7(9)10;/h1-4,14-15,23H,(H,24,25);4H,3H2,1-2H3;7-8H,16H2;2,8H,1H3;1-4H,(H,9,10);1H4. The van der Waals surface area contributed by atoms with Gasteiger partial charge in [-0.25, -0.2) is 61.5 Å². The zero-order valence-electron chi connectivity index (χ0n) is 43.6. The van der Waals surface area contributed by atoms with Crippen LogP contribution < -0.4 is 48.4 Å². The Balaban J connectivity index is 0.000000592. The molecule has 0 bridgehead atoms. The summed E-state index contributed by atoms with van der Waals surface area (Å²) >= 11 is 0. The number of halogens is 23. The first-order chi connectivity index (χ1) is 41.6. The number of benzene rings is 6. The van der Waals surface area contributed by atoms with E-state index in [1.54, 1.807) is 6.92 Å². The number of anilines is 2. The van der Waals surface area contributed by atoms with Crippen LogP contribution in [0.25, 0.3) is 0 Å². The van der Waals surface area contributed by atoms with Crippen molar-refractivity contribution in [3.8, 4) is 46.0 Å². The summed E-state index contributed by atoms with van der Waals surface area (Å²) < 4.78 is 358. The Morgan fingerprint density at radius 1 is 0.473 bits per heavy atom. The van der Waals surface area contributed by atoms with Crippen molar-refractivity contribution in [1.82, 2.24) is 0 Å². The molecule has 6 rings (SSSR count). The Morgan fingerprint density at radius 3 is 1.10 bits per heavy atom. The highest BCUT2D eigenvalue weighted by Crippen LogP contribution is 2.42. The minimum atomic E-state index is -5.02. The van der Waals surface area contributed by atoms with Crippen LogP contribution in [0.3, 0.4) is 0 Å². The number of aromatic carboxylic acids is 2. The molecule has 91 heavy (non-hydrogen) atoms. The third-order valence-corrected chi connectivity index (χ3v) is 12.1. The summed E-state index contributed by atoms with van der Waals surface area (Å²) in [5.41, 5.74) is 0.704. The fourth-order valence-electron chi connectivity index (χ4n) is 5.84. The molecule has 506 valence electrons. The monoisotopic (exact) mass is 1410 g/mol. The fourth-order valence-corrected chi connectivity index (χ4v) is 7.75. The minimum absolute atomic E-state index is 0. The largest absolute Gasteiger partial charge is 0.491 e. The van der Waals surface area contributed by atoms with E-state index in [1.807, 2.05) is 0 Å². The molecule has 43 heteroatoms. The highest BCUT2D eigenvalue weighted by molar-refractivity contribution is 8.13. The molecule has 0 atom stereocenters. The van der Waals surface area contributed by atoms with Gasteiger partial charge in [0.1, 0.15) is 11.4 Å². The smallest absolute Gasteiger partial charge is 0.387 e. The van der Waals surface area contributed by atoms with Crippen molar-refractivity contribution in [1.29, 1.82) is 0 Å². The average Bonchev–Trinajstić information content (AvgIpc) is 0.850. The maximum absolute atomic E-state index is 14.3. The number of carboxylic acids is 2. The molecular formula is C48H35ClF22N2O16S2. The zero-order chi connectivity index (χ0) is 69.2. The number of hydrogen-bond donors (Lipinski definition) is 4. The number of rotatable bonds is 20. The van der Waals surface area contributed by atoms with Crippen molar-refractivity contribution in [3.05, 3.63) is 142 Å². The zero-order valence-corrected chi connectivity index (χ0v) is 46.0. The van der Waals surface area contributed by atoms with Gasteiger partial charge in [-0.2, -0.15) is 61.5 Å². The molecular weight excluding hydrogens is 1380 g/mol. The lowest BCUT2D eigenvalue weighted by Gasteiger charge is -2.17. The average molecular weight is 1410 g/mol. The summed E-state index contributed by atoms with van der Waals surface area (Å²) in [5.74, 6) is -35.3. The Labute approximate surface area is 499 Å². The summed E-state index contributed by atoms with van der Waals surface area (Å²) in [5, 5.41) is 17.4. The number of nitrogen functional groups attached to an aromatic ring is 1. The first-order valence-electron chi connectivity index (χ1n) is 22.2. The Kier molecular flexibility index (Phi) is 30.5. The summed E-state index contributed by atoms with van der Waals surface area (Å²) in [7, 11) is -1.85. The van der Waals surface area contributed by atoms with Crippen molar-refractivity contribution in [2.24, 2.45) is 0 Å². The van der Waals surface area contributed by atoms with Crippen molar-refractivity contribution >= 4 is 53.1 Å². The van der Waals surface area contributed by atoms with Gasteiger partial charge >= 0.3 is 45.0 Å². The molecule has 0 aliphatic rings. The van der Waals surface area contributed by atoms with E-state index in [-0.39, 0.29) is 30.6 Å². The molecule has 18 nitrogen and oxygen atoms in total. The molecule has 5 N–H and O–H groups in total. The lowest BCUT2D eigenvalue weighted by molar-refractivity contribution is -0.0630. The minimum Gasteiger partial charge on any atom is -0.491 e. The van der Waals surface area contributed by atoms with Crippen LogP contribution in [-0.2, 0) is 19.1 Å². The van der Waals surface area contributed by atoms with Crippen molar-refractivity contribution in [2.45, 2.75) is 57.2 Å². The number of methoxy groups -OCH3 is 2. The topological polar surface area (TPSA) is 255 Å². The molecule has 0 spiro atoms. The van der Waals surface area contributed by atoms with E-state index in [0.29, 0.717) is 12.1 Å². The first kappa shape index (κ1) is 79.9. The molecule has 0 unspecified atom stereocenters. The predicted molar refractivity (Wildman–Crippen MR) is 264 cm³/mol. The van der Waals surface area contributed by atoms with E-state index in [4.69, 9.17) is 26.6 Å². The van der Waals surface area contributed by atoms with Crippen LogP contribution in [0.15, 0.2) is 70.5 Å². The number of nitrogens with one attached hydrogen (secondary N) is 1. The molecule has 6 aromatic carbocycles. The molecule has 0 aliphatic carbocycles. The second-order valence-corrected chi connectivity index (χ2v) is 19.3. The molecule has 0 saturated heterocycles. The number of carboxylic acid groups (broad SMARTS) is 2. The van der Waals surface area contributed by atoms with Gasteiger partial charge < -0.3 is 53.8 Å². The van der Waals surface area contributed by atoms with Crippen LogP contribution in [0.4, 0.5) is 108 Å². The maximum Gasteiger partial charge on any atom is 0.387 e. The second kappa shape index (κ2) is 34.8. The normalized spacial score (nSPS) is 10.9. The van der Waals surface area contributed by atoms with Gasteiger partial charge in [0.15, 0.2) is 63.8 Å². The molecule has 0 amide bonds. The van der Waals surface area contributed by atoms with E-state index in [0.717, 1.165) is 38.5 Å². The first-order valence-corrected chi connectivity index (χ1v) is 26.0. The van der Waals surface area contributed by atoms with Crippen molar-refractivity contribution in [3.63, 3.8) is 0 Å². The number of hydrogen-bond acceptors (Lipinski definition) is 15. The van der Waals surface area contributed by atoms with E-state index in [2.05, 4.69) is 37.9 Å². The van der Waals surface area contributed by atoms with E-state index >= 15 is 0 Å². The Hall–Kier alpha value is -9.09. The maximum atomic E-state index is 14.3. The summed E-state index contributed by atoms with van der Waals surface area (Å²) in [4.78, 5) is 20.3. The molecule has 6 aromatic rings. The van der Waals surface area contributed by atoms with Gasteiger partial charge in [-0.15, -0.1) is 0 Å². The van der Waals surface area contributed by atoms with Gasteiger partial charge in [-0.3, -0.25) is 4.72 Å². The van der Waals surface area contributed by atoms with Gasteiger partial charge in [0.2, 0.25) is 52.0 Å². The van der Waals surface area contributed by atoms with Gasteiger partial charge in [0, 0.05) is 22.8 Å². The van der Waals surface area contributed by atoms with Gasteiger partial charge in [-0.05, 0) is 43.3 Å². The highest BCUT2D eigenvalue weighted by atomic mass is 35.7. The summed E-state index contributed by atoms with van der Waals surface area (Å²) in [6.07, 6.45) is 0. The number of ether oxygens (including phenoxy) is 8. The van der Waals surface area contributed by atoms with Gasteiger partial charge in [-0.1, -0.05) is 19.6 Å². The van der Waals surface area contributed by atoms with E-state index in [1.165, 1.54) is 22.9 Å². The number of sulfonamides is 1. The third-order valence-electron chi connectivity index (χ3n) is 9.40. The van der Waals surface area contributed by atoms with Gasteiger partial charge in [0.05, 0.1) is 41.7 Å². The van der Waals surface area contributed by atoms with Crippen LogP contribution in [0.5, 0.6) is 46.0 Å². The highest BCUT2D eigenvalue weighted by Gasteiger charge is 2.34. The molecule has 0 heterocycles. The fraction of sp³-hybridized carbons (Fsp3) is 0.208. The van der Waals surface area contributed by atoms with E-state index < -0.39 is 202 Å². The van der Waals surface area contributed by atoms with Crippen molar-refractivity contribution < 1.29 is 171 Å². The van der Waals surface area contributed by atoms with Crippen molar-refractivity contribution in [2.75, 3.05) is 31.3 Å². The second-order valence-electron chi connectivity index (χ2n) is 15.1. The van der Waals surface area contributed by atoms with Gasteiger partial charge in [0.25, 0.3) is 19.1 Å². The van der Waals surface area contributed by atoms with Crippen LogP contribution in [0.1, 0.15) is 35.1 Å². The number of carbonyl (C=O) groups is 2. The van der Waals surface area contributed by atoms with Crippen LogP contribution >= 0.6 is 10.7 Å². The lowest BCUT2D eigenvalue weighted by atomic mass is 10.2. The molecule has 0 aromatic heterocycles. The summed E-state index contributed by atoms with van der Waals surface area (Å²) in [6.45, 7) is -16.9.